The third-order valence-electron chi connectivity index (χ3n) is 5.24. The number of ether oxygens (including phenoxy) is 2. The normalized spacial score (nSPS) is 18.2. The first-order valence-electron chi connectivity index (χ1n) is 9.84. The predicted octanol–water partition coefficient (Wildman–Crippen LogP) is 3.08. The molecular formula is C22H23FN2O4. The smallest absolute Gasteiger partial charge is 0.251 e. The average molecular weight is 398 g/mol. The predicted molar refractivity (Wildman–Crippen MR) is 104 cm³/mol. The number of hydrogen-bond acceptors (Lipinski definition) is 4. The van der Waals surface area contributed by atoms with Crippen molar-refractivity contribution in [1.29, 1.82) is 0 Å². The largest absolute Gasteiger partial charge is 0.490 e. The first-order valence-corrected chi connectivity index (χ1v) is 9.84. The Morgan fingerprint density at radius 2 is 1.79 bits per heavy atom. The lowest BCUT2D eigenvalue weighted by Crippen LogP contribution is -2.39. The van der Waals surface area contributed by atoms with Crippen molar-refractivity contribution in [3.8, 4) is 11.5 Å². The second kappa shape index (κ2) is 8.51. The highest BCUT2D eigenvalue weighted by Gasteiger charge is 2.30. The van der Waals surface area contributed by atoms with Gasteiger partial charge in [-0.25, -0.2) is 4.39 Å². The van der Waals surface area contributed by atoms with Crippen LogP contribution in [0.5, 0.6) is 11.5 Å². The van der Waals surface area contributed by atoms with Crippen LogP contribution >= 0.6 is 0 Å². The Morgan fingerprint density at radius 3 is 2.59 bits per heavy atom. The summed E-state index contributed by atoms with van der Waals surface area (Å²) in [5.74, 6) is 0.491. The summed E-state index contributed by atoms with van der Waals surface area (Å²) in [6, 6.07) is 11.0. The summed E-state index contributed by atoms with van der Waals surface area (Å²) in [5, 5.41) is 2.63. The molecule has 7 heteroatoms. The number of likely N-dealkylation sites (tertiary alicyclic amines) is 1. The van der Waals surface area contributed by atoms with E-state index in [-0.39, 0.29) is 18.5 Å². The number of hydrogen-bond donors (Lipinski definition) is 1. The van der Waals surface area contributed by atoms with Gasteiger partial charge in [-0.2, -0.15) is 0 Å². The Bertz CT molecular complexity index is 900. The molecule has 0 spiro atoms. The molecule has 1 unspecified atom stereocenters. The number of amides is 2. The molecule has 6 nitrogen and oxygen atoms in total. The van der Waals surface area contributed by atoms with Crippen LogP contribution in [0.4, 0.5) is 4.39 Å². The maximum Gasteiger partial charge on any atom is 0.251 e. The van der Waals surface area contributed by atoms with Gasteiger partial charge in [-0.1, -0.05) is 6.07 Å². The van der Waals surface area contributed by atoms with Crippen molar-refractivity contribution >= 4 is 11.8 Å². The van der Waals surface area contributed by atoms with Crippen molar-refractivity contribution in [2.24, 2.45) is 0 Å². The molecule has 1 N–H and O–H groups in total. The zero-order chi connectivity index (χ0) is 20.2. The maximum atomic E-state index is 13.0. The lowest BCUT2D eigenvalue weighted by atomic mass is 10.0. The van der Waals surface area contributed by atoms with E-state index in [0.717, 1.165) is 30.6 Å². The van der Waals surface area contributed by atoms with Crippen LogP contribution in [0.2, 0.25) is 0 Å². The van der Waals surface area contributed by atoms with Gasteiger partial charge in [0.15, 0.2) is 11.5 Å². The van der Waals surface area contributed by atoms with Crippen LogP contribution in [0.15, 0.2) is 42.5 Å². The van der Waals surface area contributed by atoms with Gasteiger partial charge in [-0.3, -0.25) is 9.59 Å². The zero-order valence-electron chi connectivity index (χ0n) is 16.0. The molecule has 152 valence electrons. The topological polar surface area (TPSA) is 67.9 Å². The summed E-state index contributed by atoms with van der Waals surface area (Å²) in [6.45, 7) is 1.79. The number of nitrogens with zero attached hydrogens (tertiary/aromatic N) is 1. The lowest BCUT2D eigenvalue weighted by molar-refractivity contribution is -0.131. The third-order valence-corrected chi connectivity index (χ3v) is 5.24. The highest BCUT2D eigenvalue weighted by atomic mass is 19.1. The molecule has 2 aliphatic heterocycles. The molecule has 1 fully saturated rings. The third kappa shape index (κ3) is 4.34. The average Bonchev–Trinajstić information content (AvgIpc) is 3.11. The first-order chi connectivity index (χ1) is 14.1. The zero-order valence-corrected chi connectivity index (χ0v) is 16.0. The fourth-order valence-corrected chi connectivity index (χ4v) is 3.76. The molecule has 0 aliphatic carbocycles. The summed E-state index contributed by atoms with van der Waals surface area (Å²) in [4.78, 5) is 26.7. The summed E-state index contributed by atoms with van der Waals surface area (Å²) < 4.78 is 24.4. The number of carbonyl (C=O) groups is 2. The van der Waals surface area contributed by atoms with Crippen LogP contribution in [-0.2, 0) is 4.79 Å². The van der Waals surface area contributed by atoms with Gasteiger partial charge in [0.2, 0.25) is 5.91 Å². The molecule has 2 amide bonds. The van der Waals surface area contributed by atoms with E-state index in [1.165, 1.54) is 24.3 Å². The summed E-state index contributed by atoms with van der Waals surface area (Å²) >= 11 is 0. The molecule has 0 saturated carbocycles. The fourth-order valence-electron chi connectivity index (χ4n) is 3.76. The van der Waals surface area contributed by atoms with Gasteiger partial charge in [0.05, 0.1) is 25.8 Å². The van der Waals surface area contributed by atoms with Gasteiger partial charge in [0, 0.05) is 18.5 Å². The van der Waals surface area contributed by atoms with E-state index in [1.807, 2.05) is 18.2 Å². The minimum atomic E-state index is -0.410. The molecular weight excluding hydrogens is 375 g/mol. The number of benzene rings is 2. The van der Waals surface area contributed by atoms with Crippen molar-refractivity contribution in [2.45, 2.75) is 25.3 Å². The van der Waals surface area contributed by atoms with Crippen LogP contribution in [0.25, 0.3) is 0 Å². The van der Waals surface area contributed by atoms with Crippen molar-refractivity contribution in [3.05, 3.63) is 59.4 Å². The highest BCUT2D eigenvalue weighted by molar-refractivity contribution is 5.96. The van der Waals surface area contributed by atoms with E-state index < -0.39 is 11.7 Å². The van der Waals surface area contributed by atoms with Gasteiger partial charge in [0.25, 0.3) is 5.91 Å². The number of halogens is 1. The molecule has 2 heterocycles. The Balaban J connectivity index is 1.41. The standard InChI is InChI=1S/C22H23FN2O4/c23-17-7-4-15(5-8-17)22(27)24-14-21(26)25-10-1-3-18(25)16-6-9-19-20(13-16)29-12-2-11-28-19/h4-9,13,18H,1-3,10-12,14H2,(H,24,27). The van der Waals surface area contributed by atoms with Crippen LogP contribution in [0, 0.1) is 5.82 Å². The maximum absolute atomic E-state index is 13.0. The van der Waals surface area contributed by atoms with Gasteiger partial charge in [0.1, 0.15) is 5.82 Å². The van der Waals surface area contributed by atoms with E-state index in [1.54, 1.807) is 4.90 Å². The quantitative estimate of drug-likeness (QED) is 0.860. The minimum Gasteiger partial charge on any atom is -0.490 e. The molecule has 2 aliphatic rings. The molecule has 2 aromatic carbocycles. The van der Waals surface area contributed by atoms with E-state index >= 15 is 0 Å². The van der Waals surface area contributed by atoms with Crippen molar-refractivity contribution in [2.75, 3.05) is 26.3 Å². The molecule has 0 radical (unpaired) electrons. The number of fused-ring (bicyclic) bond motifs is 1. The monoisotopic (exact) mass is 398 g/mol. The van der Waals surface area contributed by atoms with E-state index in [0.29, 0.717) is 31.1 Å². The van der Waals surface area contributed by atoms with E-state index in [9.17, 15) is 14.0 Å². The van der Waals surface area contributed by atoms with Crippen molar-refractivity contribution in [1.82, 2.24) is 10.2 Å². The van der Waals surface area contributed by atoms with E-state index in [4.69, 9.17) is 9.47 Å². The summed E-state index contributed by atoms with van der Waals surface area (Å²) in [7, 11) is 0. The summed E-state index contributed by atoms with van der Waals surface area (Å²) in [6.07, 6.45) is 2.60. The Kier molecular flexibility index (Phi) is 5.64. The number of rotatable bonds is 4. The molecule has 0 bridgehead atoms. The molecule has 1 saturated heterocycles. The SMILES string of the molecule is O=C(NCC(=O)N1CCCC1c1ccc2c(c1)OCCCO2)c1ccc(F)cc1. The van der Waals surface area contributed by atoms with Crippen LogP contribution in [0.1, 0.15) is 41.2 Å². The molecule has 4 rings (SSSR count). The van der Waals surface area contributed by atoms with Crippen molar-refractivity contribution < 1.29 is 23.5 Å². The van der Waals surface area contributed by atoms with Gasteiger partial charge in [-0.15, -0.1) is 0 Å². The van der Waals surface area contributed by atoms with E-state index in [2.05, 4.69) is 5.32 Å². The number of nitrogens with one attached hydrogen (secondary N) is 1. The van der Waals surface area contributed by atoms with Crippen LogP contribution in [-0.4, -0.2) is 43.0 Å². The van der Waals surface area contributed by atoms with Crippen LogP contribution in [0.3, 0.4) is 0 Å². The van der Waals surface area contributed by atoms with Crippen molar-refractivity contribution in [3.63, 3.8) is 0 Å². The summed E-state index contributed by atoms with van der Waals surface area (Å²) in [5.41, 5.74) is 1.32. The van der Waals surface area contributed by atoms with Crippen LogP contribution < -0.4 is 14.8 Å². The number of carbonyl (C=O) groups excluding carboxylic acids is 2. The Labute approximate surface area is 168 Å². The molecule has 2 aromatic rings. The highest BCUT2D eigenvalue weighted by Crippen LogP contribution is 2.37. The fraction of sp³-hybridized carbons (Fsp3) is 0.364. The molecule has 1 atom stereocenters. The Morgan fingerprint density at radius 1 is 1.03 bits per heavy atom. The minimum absolute atomic E-state index is 0.0534. The second-order valence-electron chi connectivity index (χ2n) is 7.19. The molecule has 0 aromatic heterocycles. The molecule has 29 heavy (non-hydrogen) atoms. The van der Waals surface area contributed by atoms with Gasteiger partial charge < -0.3 is 19.7 Å². The Hall–Kier alpha value is -3.09. The lowest BCUT2D eigenvalue weighted by Gasteiger charge is -2.26. The first kappa shape index (κ1) is 19.2. The second-order valence-corrected chi connectivity index (χ2v) is 7.19. The van der Waals surface area contributed by atoms with Gasteiger partial charge in [-0.05, 0) is 54.8 Å². The van der Waals surface area contributed by atoms with Gasteiger partial charge >= 0.3 is 0 Å².